The minimum absolute atomic E-state index is 0.0451. The number of nitrogens with zero attached hydrogens (tertiary/aromatic N) is 2. The Morgan fingerprint density at radius 3 is 2.74 bits per heavy atom. The van der Waals surface area contributed by atoms with E-state index in [1.54, 1.807) is 11.8 Å². The lowest BCUT2D eigenvalue weighted by molar-refractivity contribution is -0.127. The van der Waals surface area contributed by atoms with Crippen molar-refractivity contribution in [3.8, 4) is 0 Å². The van der Waals surface area contributed by atoms with Crippen LogP contribution in [0.5, 0.6) is 0 Å². The lowest BCUT2D eigenvalue weighted by Crippen LogP contribution is -2.50. The average molecular weight is 507 g/mol. The van der Waals surface area contributed by atoms with Gasteiger partial charge < -0.3 is 10.2 Å². The smallest absolute Gasteiger partial charge is 0.122 e. The number of nitrogens with two attached hydrogens (primary N) is 1. The van der Waals surface area contributed by atoms with E-state index in [9.17, 15) is 0 Å². The van der Waals surface area contributed by atoms with Crippen LogP contribution in [0.1, 0.15) is 78.6 Å². The highest BCUT2D eigenvalue weighted by atomic mass is 35.5. The molecule has 7 heteroatoms. The van der Waals surface area contributed by atoms with Crippen LogP contribution in [0.4, 0.5) is 5.69 Å². The van der Waals surface area contributed by atoms with Crippen LogP contribution < -0.4 is 11.3 Å². The van der Waals surface area contributed by atoms with Gasteiger partial charge in [0.05, 0.1) is 22.4 Å². The third-order valence-corrected chi connectivity index (χ3v) is 9.44. The fraction of sp³-hybridized carbons (Fsp3) is 0.741. The molecule has 1 aromatic rings. The molecular formula is C27H43ClN4OS. The zero-order valence-corrected chi connectivity index (χ0v) is 22.9. The van der Waals surface area contributed by atoms with Crippen molar-refractivity contribution in [3.05, 3.63) is 23.2 Å². The van der Waals surface area contributed by atoms with Gasteiger partial charge in [-0.25, -0.2) is 10.8 Å². The normalized spacial score (nSPS) is 28.9. The predicted molar refractivity (Wildman–Crippen MR) is 145 cm³/mol. The first-order chi connectivity index (χ1) is 16.4. The first kappa shape index (κ1) is 26.3. The third-order valence-electron chi connectivity index (χ3n) is 8.41. The van der Waals surface area contributed by atoms with Gasteiger partial charge in [0.1, 0.15) is 5.84 Å². The van der Waals surface area contributed by atoms with Gasteiger partial charge in [-0.2, -0.15) is 0 Å². The van der Waals surface area contributed by atoms with Gasteiger partial charge in [0.25, 0.3) is 0 Å². The number of fused-ring (bicyclic) bond motifs is 2. The summed E-state index contributed by atoms with van der Waals surface area (Å²) in [6, 6.07) is 7.21. The van der Waals surface area contributed by atoms with Crippen molar-refractivity contribution in [2.24, 2.45) is 22.7 Å². The fourth-order valence-electron chi connectivity index (χ4n) is 6.20. The van der Waals surface area contributed by atoms with Gasteiger partial charge in [-0.1, -0.05) is 51.6 Å². The van der Waals surface area contributed by atoms with Gasteiger partial charge in [-0.05, 0) is 75.4 Å². The first-order valence-corrected chi connectivity index (χ1v) is 14.9. The number of rotatable bonds is 12. The first-order valence-electron chi connectivity index (χ1n) is 13.3. The molecule has 5 atom stereocenters. The number of nitrogens with one attached hydrogen (secondary N) is 1. The minimum atomic E-state index is -0.0576. The maximum atomic E-state index is 7.17. The number of benzene rings is 1. The van der Waals surface area contributed by atoms with Crippen molar-refractivity contribution in [1.82, 2.24) is 10.3 Å². The summed E-state index contributed by atoms with van der Waals surface area (Å²) in [6.07, 6.45) is 13.2. The summed E-state index contributed by atoms with van der Waals surface area (Å²) in [5.41, 5.74) is 3.56. The molecule has 2 bridgehead atoms. The van der Waals surface area contributed by atoms with E-state index in [1.165, 1.54) is 38.6 Å². The number of thioether (sulfide) groups is 1. The number of aliphatic imine (C=N–C) groups is 1. The van der Waals surface area contributed by atoms with Gasteiger partial charge in [0.15, 0.2) is 0 Å². The molecule has 0 spiro atoms. The highest BCUT2D eigenvalue weighted by Gasteiger charge is 2.56. The lowest BCUT2D eigenvalue weighted by atomic mass is 9.81. The molecule has 2 saturated heterocycles. The Bertz CT molecular complexity index is 863. The highest BCUT2D eigenvalue weighted by molar-refractivity contribution is 7.98. The second-order valence-corrected chi connectivity index (χ2v) is 11.8. The van der Waals surface area contributed by atoms with Gasteiger partial charge in [0, 0.05) is 22.9 Å². The maximum Gasteiger partial charge on any atom is 0.122 e. The van der Waals surface area contributed by atoms with E-state index >= 15 is 0 Å². The second-order valence-electron chi connectivity index (χ2n) is 10.5. The number of ether oxygens (including phenoxy) is 1. The minimum Gasteiger partial charge on any atom is -0.369 e. The topological polar surface area (TPSA) is 62.9 Å². The Morgan fingerprint density at radius 2 is 2.12 bits per heavy atom. The van der Waals surface area contributed by atoms with Crippen LogP contribution in [0.15, 0.2) is 28.1 Å². The third kappa shape index (κ3) is 5.62. The molecule has 1 aromatic carbocycles. The average Bonchev–Trinajstić information content (AvgIpc) is 3.54. The van der Waals surface area contributed by atoms with E-state index in [0.29, 0.717) is 17.1 Å². The van der Waals surface area contributed by atoms with Gasteiger partial charge in [-0.3, -0.25) is 4.90 Å². The highest BCUT2D eigenvalue weighted by Crippen LogP contribution is 2.50. The molecule has 34 heavy (non-hydrogen) atoms. The van der Waals surface area contributed by atoms with Crippen LogP contribution in [-0.4, -0.2) is 47.3 Å². The van der Waals surface area contributed by atoms with E-state index < -0.39 is 0 Å². The fourth-order valence-corrected chi connectivity index (χ4v) is 6.92. The van der Waals surface area contributed by atoms with E-state index in [1.807, 2.05) is 24.5 Å². The number of halogens is 1. The van der Waals surface area contributed by atoms with Crippen molar-refractivity contribution in [1.29, 1.82) is 0 Å². The van der Waals surface area contributed by atoms with Crippen LogP contribution in [0.2, 0.25) is 5.02 Å². The van der Waals surface area contributed by atoms with E-state index in [2.05, 4.69) is 31.1 Å². The molecule has 0 amide bonds. The van der Waals surface area contributed by atoms with Crippen molar-refractivity contribution < 1.29 is 4.74 Å². The predicted octanol–water partition coefficient (Wildman–Crippen LogP) is 6.56. The monoisotopic (exact) mass is 506 g/mol. The van der Waals surface area contributed by atoms with Crippen molar-refractivity contribution in [3.63, 3.8) is 0 Å². The molecule has 190 valence electrons. The zero-order valence-electron chi connectivity index (χ0n) is 21.4. The zero-order chi connectivity index (χ0) is 24.3. The van der Waals surface area contributed by atoms with Crippen LogP contribution in [0, 0.1) is 11.8 Å². The largest absolute Gasteiger partial charge is 0.369 e. The van der Waals surface area contributed by atoms with Crippen LogP contribution in [-0.2, 0) is 4.74 Å². The summed E-state index contributed by atoms with van der Waals surface area (Å²) in [4.78, 5) is 8.77. The summed E-state index contributed by atoms with van der Waals surface area (Å²) in [5, 5.41) is 0.643. The number of hydrogen-bond donors (Lipinski definition) is 2. The van der Waals surface area contributed by atoms with Crippen molar-refractivity contribution in [2.45, 2.75) is 107 Å². The summed E-state index contributed by atoms with van der Waals surface area (Å²) in [5.74, 6) is 7.76. The molecule has 5 nitrogen and oxygen atoms in total. The Balaban J connectivity index is 1.52. The maximum absolute atomic E-state index is 7.17. The van der Waals surface area contributed by atoms with E-state index in [0.717, 1.165) is 48.0 Å². The van der Waals surface area contributed by atoms with Gasteiger partial charge in [0.2, 0.25) is 0 Å². The molecule has 2 aliphatic heterocycles. The molecule has 3 N–H and O–H groups in total. The number of amidine groups is 1. The summed E-state index contributed by atoms with van der Waals surface area (Å²) >= 11 is 8.20. The Morgan fingerprint density at radius 1 is 1.32 bits per heavy atom. The molecule has 3 fully saturated rings. The second kappa shape index (κ2) is 11.5. The van der Waals surface area contributed by atoms with Crippen molar-refractivity contribution in [2.75, 3.05) is 12.8 Å². The lowest BCUT2D eigenvalue weighted by Gasteiger charge is -2.41. The molecular weight excluding hydrogens is 464 g/mol. The standard InChI is InChI=1S/C27H43ClN4OS/c1-5-7-24(18(3)26(31-29)30-23-12-11-21(34-4)16-22(23)28)33-27(6-2)17-20-10-13-25(27)32(20)15-14-19-8-9-19/h11-12,16,18-20,24-25H,5-10,13-15,17,29H2,1-4H3,(H,30,31). The summed E-state index contributed by atoms with van der Waals surface area (Å²) < 4.78 is 7.17. The van der Waals surface area contributed by atoms with E-state index in [4.69, 9.17) is 27.2 Å². The van der Waals surface area contributed by atoms with Crippen LogP contribution >= 0.6 is 23.4 Å². The SMILES string of the molecule is CCCC(OC1(CC)CC2CCC1N2CCC1CC1)C(C)C(=Nc1ccc(SC)cc1Cl)NN. The molecule has 0 radical (unpaired) electrons. The Hall–Kier alpha value is -0.790. The summed E-state index contributed by atoms with van der Waals surface area (Å²) in [6.45, 7) is 7.98. The Labute approximate surface area is 215 Å². The van der Waals surface area contributed by atoms with Crippen molar-refractivity contribution >= 4 is 34.9 Å². The van der Waals surface area contributed by atoms with E-state index in [-0.39, 0.29) is 17.6 Å². The molecule has 5 unspecified atom stereocenters. The van der Waals surface area contributed by atoms with Gasteiger partial charge in [-0.15, -0.1) is 11.8 Å². The molecule has 1 saturated carbocycles. The quantitative estimate of drug-likeness (QED) is 0.110. The Kier molecular flexibility index (Phi) is 8.90. The number of hydrazine groups is 1. The molecule has 4 rings (SSSR count). The molecule has 2 heterocycles. The summed E-state index contributed by atoms with van der Waals surface area (Å²) in [7, 11) is 0. The van der Waals surface area contributed by atoms with Crippen LogP contribution in [0.3, 0.4) is 0 Å². The molecule has 3 aliphatic rings. The molecule has 0 aromatic heterocycles. The van der Waals surface area contributed by atoms with Crippen LogP contribution in [0.25, 0.3) is 0 Å². The van der Waals surface area contributed by atoms with Gasteiger partial charge >= 0.3 is 0 Å². The molecule has 1 aliphatic carbocycles. The number of hydrogen-bond acceptors (Lipinski definition) is 5.